The first-order valence-electron chi connectivity index (χ1n) is 9.87. The first-order valence-corrected chi connectivity index (χ1v) is 9.87. The summed E-state index contributed by atoms with van der Waals surface area (Å²) in [6.45, 7) is 3.20. The number of hydrogen-bond donors (Lipinski definition) is 1. The summed E-state index contributed by atoms with van der Waals surface area (Å²) >= 11 is 0. The van der Waals surface area contributed by atoms with Crippen LogP contribution in [0.15, 0.2) is 57.7 Å². The van der Waals surface area contributed by atoms with E-state index in [4.69, 9.17) is 9.15 Å². The van der Waals surface area contributed by atoms with Crippen LogP contribution in [-0.2, 0) is 6.54 Å². The lowest BCUT2D eigenvalue weighted by Gasteiger charge is -2.26. The molecule has 0 unspecified atom stereocenters. The Kier molecular flexibility index (Phi) is 5.62. The largest absolute Gasteiger partial charge is 0.493 e. The number of rotatable bonds is 5. The van der Waals surface area contributed by atoms with Gasteiger partial charge in [0.2, 0.25) is 0 Å². The standard InChI is InChI=1S/C23H24N2O4/c1-28-20-7-5-6-17-14-19(23(27)29-21(17)20)22(26)24-18-10-8-16(9-11-18)15-25-12-3-2-4-13-25/h5-11,14H,2-4,12-13,15H2,1H3,(H,24,26). The molecular formula is C23H24N2O4. The van der Waals surface area contributed by atoms with Crippen molar-refractivity contribution in [2.45, 2.75) is 25.8 Å². The second-order valence-corrected chi connectivity index (χ2v) is 7.31. The molecule has 0 saturated carbocycles. The van der Waals surface area contributed by atoms with Crippen LogP contribution in [0.5, 0.6) is 5.75 Å². The second kappa shape index (κ2) is 8.49. The van der Waals surface area contributed by atoms with Crippen molar-refractivity contribution in [3.8, 4) is 5.75 Å². The maximum atomic E-state index is 12.6. The molecule has 0 radical (unpaired) electrons. The van der Waals surface area contributed by atoms with Gasteiger partial charge in [0.1, 0.15) is 5.56 Å². The lowest BCUT2D eigenvalue weighted by atomic mass is 10.1. The molecule has 0 spiro atoms. The number of ether oxygens (including phenoxy) is 1. The average Bonchev–Trinajstić information content (AvgIpc) is 2.75. The summed E-state index contributed by atoms with van der Waals surface area (Å²) in [5, 5.41) is 3.41. The predicted molar refractivity (Wildman–Crippen MR) is 113 cm³/mol. The molecule has 0 aliphatic carbocycles. The van der Waals surface area contributed by atoms with Gasteiger partial charge in [0.15, 0.2) is 11.3 Å². The summed E-state index contributed by atoms with van der Waals surface area (Å²) in [4.78, 5) is 27.4. The highest BCUT2D eigenvalue weighted by atomic mass is 16.5. The molecule has 2 aromatic carbocycles. The highest BCUT2D eigenvalue weighted by molar-refractivity contribution is 6.05. The van der Waals surface area contributed by atoms with Crippen molar-refractivity contribution < 1.29 is 13.9 Å². The molecule has 0 bridgehead atoms. The fraction of sp³-hybridized carbons (Fsp3) is 0.304. The average molecular weight is 392 g/mol. The van der Waals surface area contributed by atoms with E-state index >= 15 is 0 Å². The Balaban J connectivity index is 1.49. The van der Waals surface area contributed by atoms with Crippen molar-refractivity contribution in [2.75, 3.05) is 25.5 Å². The van der Waals surface area contributed by atoms with Gasteiger partial charge in [-0.1, -0.05) is 30.7 Å². The molecule has 6 heteroatoms. The molecular weight excluding hydrogens is 368 g/mol. The third kappa shape index (κ3) is 4.32. The Morgan fingerprint density at radius 2 is 1.86 bits per heavy atom. The maximum absolute atomic E-state index is 12.6. The fourth-order valence-corrected chi connectivity index (χ4v) is 3.70. The molecule has 1 aliphatic rings. The van der Waals surface area contributed by atoms with Gasteiger partial charge in [0.25, 0.3) is 5.91 Å². The minimum absolute atomic E-state index is 0.0388. The van der Waals surface area contributed by atoms with Crippen molar-refractivity contribution in [1.29, 1.82) is 0 Å². The number of carbonyl (C=O) groups excluding carboxylic acids is 1. The lowest BCUT2D eigenvalue weighted by Crippen LogP contribution is -2.29. The molecule has 150 valence electrons. The van der Waals surface area contributed by atoms with Crippen molar-refractivity contribution >= 4 is 22.6 Å². The van der Waals surface area contributed by atoms with Gasteiger partial charge in [-0.2, -0.15) is 0 Å². The molecule has 1 N–H and O–H groups in total. The van der Waals surface area contributed by atoms with Crippen LogP contribution in [0.3, 0.4) is 0 Å². The van der Waals surface area contributed by atoms with Crippen molar-refractivity contribution in [3.63, 3.8) is 0 Å². The fourth-order valence-electron chi connectivity index (χ4n) is 3.70. The Morgan fingerprint density at radius 1 is 1.10 bits per heavy atom. The number of para-hydroxylation sites is 1. The van der Waals surface area contributed by atoms with Crippen molar-refractivity contribution in [1.82, 2.24) is 4.90 Å². The summed E-state index contributed by atoms with van der Waals surface area (Å²) in [5.41, 5.74) is 1.45. The Hall–Kier alpha value is -3.12. The van der Waals surface area contributed by atoms with E-state index in [1.165, 1.54) is 38.0 Å². The van der Waals surface area contributed by atoms with E-state index in [-0.39, 0.29) is 5.56 Å². The Labute approximate surface area is 169 Å². The molecule has 1 saturated heterocycles. The van der Waals surface area contributed by atoms with Crippen molar-refractivity contribution in [2.24, 2.45) is 0 Å². The molecule has 1 aliphatic heterocycles. The summed E-state index contributed by atoms with van der Waals surface area (Å²) in [5.74, 6) is -0.0388. The summed E-state index contributed by atoms with van der Waals surface area (Å²) < 4.78 is 10.5. The Morgan fingerprint density at radius 3 is 2.59 bits per heavy atom. The number of nitrogens with one attached hydrogen (secondary N) is 1. The lowest BCUT2D eigenvalue weighted by molar-refractivity contribution is 0.102. The number of likely N-dealkylation sites (tertiary alicyclic amines) is 1. The molecule has 6 nitrogen and oxygen atoms in total. The zero-order valence-electron chi connectivity index (χ0n) is 16.4. The molecule has 1 fully saturated rings. The first kappa shape index (κ1) is 19.2. The van der Waals surface area contributed by atoms with Gasteiger partial charge in [-0.05, 0) is 55.8 Å². The molecule has 4 rings (SSSR count). The first-order chi connectivity index (χ1) is 14.1. The van der Waals surface area contributed by atoms with Crippen LogP contribution >= 0.6 is 0 Å². The number of benzene rings is 2. The van der Waals surface area contributed by atoms with Crippen LogP contribution < -0.4 is 15.7 Å². The predicted octanol–water partition coefficient (Wildman–Crippen LogP) is 4.04. The normalized spacial score (nSPS) is 14.7. The van der Waals surface area contributed by atoms with Gasteiger partial charge in [-0.3, -0.25) is 9.69 Å². The minimum Gasteiger partial charge on any atom is -0.493 e. The van der Waals surface area contributed by atoms with E-state index < -0.39 is 11.5 Å². The second-order valence-electron chi connectivity index (χ2n) is 7.31. The number of hydrogen-bond acceptors (Lipinski definition) is 5. The van der Waals surface area contributed by atoms with Crippen LogP contribution in [0.2, 0.25) is 0 Å². The number of piperidine rings is 1. The van der Waals surface area contributed by atoms with Crippen LogP contribution in [0.1, 0.15) is 35.2 Å². The van der Waals surface area contributed by atoms with E-state index in [1.807, 2.05) is 24.3 Å². The van der Waals surface area contributed by atoms with E-state index in [9.17, 15) is 9.59 Å². The number of carbonyl (C=O) groups is 1. The SMILES string of the molecule is COc1cccc2cc(C(=O)Nc3ccc(CN4CCCCC4)cc3)c(=O)oc12. The summed E-state index contributed by atoms with van der Waals surface area (Å²) in [7, 11) is 1.50. The third-order valence-corrected chi connectivity index (χ3v) is 5.26. The van der Waals surface area contributed by atoms with Gasteiger partial charge in [0, 0.05) is 17.6 Å². The quantitative estimate of drug-likeness (QED) is 0.664. The zero-order chi connectivity index (χ0) is 20.2. The van der Waals surface area contributed by atoms with Gasteiger partial charge in [-0.25, -0.2) is 4.79 Å². The van der Waals surface area contributed by atoms with Gasteiger partial charge >= 0.3 is 5.63 Å². The van der Waals surface area contributed by atoms with Crippen LogP contribution in [0.4, 0.5) is 5.69 Å². The molecule has 29 heavy (non-hydrogen) atoms. The number of fused-ring (bicyclic) bond motifs is 1. The zero-order valence-corrected chi connectivity index (χ0v) is 16.4. The van der Waals surface area contributed by atoms with Crippen molar-refractivity contribution in [3.05, 3.63) is 70.1 Å². The molecule has 0 atom stereocenters. The third-order valence-electron chi connectivity index (χ3n) is 5.26. The highest BCUT2D eigenvalue weighted by Gasteiger charge is 2.16. The Bertz CT molecular complexity index is 1070. The van der Waals surface area contributed by atoms with Gasteiger partial charge in [-0.15, -0.1) is 0 Å². The van der Waals surface area contributed by atoms with Gasteiger partial charge < -0.3 is 14.5 Å². The molecule has 3 aromatic rings. The number of anilines is 1. The van der Waals surface area contributed by atoms with E-state index in [0.717, 1.165) is 19.6 Å². The maximum Gasteiger partial charge on any atom is 0.349 e. The monoisotopic (exact) mass is 392 g/mol. The smallest absolute Gasteiger partial charge is 0.349 e. The van der Waals surface area contributed by atoms with Crippen LogP contribution in [-0.4, -0.2) is 31.0 Å². The molecule has 1 aromatic heterocycles. The topological polar surface area (TPSA) is 71.8 Å². The summed E-state index contributed by atoms with van der Waals surface area (Å²) in [6, 6.07) is 14.5. The van der Waals surface area contributed by atoms with Gasteiger partial charge in [0.05, 0.1) is 7.11 Å². The molecule has 1 amide bonds. The highest BCUT2D eigenvalue weighted by Crippen LogP contribution is 2.24. The van der Waals surface area contributed by atoms with Crippen LogP contribution in [0, 0.1) is 0 Å². The summed E-state index contributed by atoms with van der Waals surface area (Å²) in [6.07, 6.45) is 3.83. The number of amides is 1. The minimum atomic E-state index is -0.693. The number of nitrogens with zero attached hydrogens (tertiary/aromatic N) is 1. The number of methoxy groups -OCH3 is 1. The van der Waals surface area contributed by atoms with E-state index in [2.05, 4.69) is 10.2 Å². The van der Waals surface area contributed by atoms with Crippen LogP contribution in [0.25, 0.3) is 11.0 Å². The molecule has 2 heterocycles. The van der Waals surface area contributed by atoms with E-state index in [0.29, 0.717) is 22.4 Å². The van der Waals surface area contributed by atoms with E-state index in [1.54, 1.807) is 18.2 Å².